The highest BCUT2D eigenvalue weighted by Gasteiger charge is 2.37. The fourth-order valence-electron chi connectivity index (χ4n) is 3.31. The van der Waals surface area contributed by atoms with E-state index >= 15 is 0 Å². The minimum Gasteiger partial charge on any atom is -0.326 e. The summed E-state index contributed by atoms with van der Waals surface area (Å²) in [5, 5.41) is 6.98. The van der Waals surface area contributed by atoms with Gasteiger partial charge in [-0.15, -0.1) is 16.9 Å². The number of thioether (sulfide) groups is 1. The summed E-state index contributed by atoms with van der Waals surface area (Å²) in [7, 11) is 0. The maximum Gasteiger partial charge on any atom is 0.453 e. The van der Waals surface area contributed by atoms with Crippen molar-refractivity contribution in [2.45, 2.75) is 70.2 Å². The summed E-state index contributed by atoms with van der Waals surface area (Å²) in [6.45, 7) is 9.62. The van der Waals surface area contributed by atoms with Crippen LogP contribution in [-0.2, 0) is 17.4 Å². The number of hydrogen-bond donors (Lipinski definition) is 1. The highest BCUT2D eigenvalue weighted by molar-refractivity contribution is 7.99. The summed E-state index contributed by atoms with van der Waals surface area (Å²) in [6, 6.07) is 5.95. The monoisotopic (exact) mass is 465 g/mol. The highest BCUT2D eigenvalue weighted by Crippen LogP contribution is 2.29. The van der Waals surface area contributed by atoms with Crippen LogP contribution in [0.4, 0.5) is 18.9 Å². The Hall–Kier alpha value is -2.62. The van der Waals surface area contributed by atoms with E-state index in [9.17, 15) is 18.0 Å². The number of amides is 1. The number of nitrogens with zero attached hydrogens (tertiary/aromatic N) is 4. The average Bonchev–Trinajstić information content (AvgIpc) is 3.14. The van der Waals surface area contributed by atoms with Crippen molar-refractivity contribution < 1.29 is 18.0 Å². The molecule has 2 aromatic heterocycles. The Morgan fingerprint density at radius 2 is 1.94 bits per heavy atom. The number of anilines is 1. The maximum atomic E-state index is 12.9. The summed E-state index contributed by atoms with van der Waals surface area (Å²) in [6.07, 6.45) is -3.07. The number of carbonyl (C=O) groups is 1. The van der Waals surface area contributed by atoms with Gasteiger partial charge in [0.2, 0.25) is 5.91 Å². The molecule has 10 heteroatoms. The smallest absolute Gasteiger partial charge is 0.326 e. The molecular formula is C22H26F3N5OS. The third kappa shape index (κ3) is 5.40. The normalized spacial score (nSPS) is 12.9. The third-order valence-electron chi connectivity index (χ3n) is 5.29. The molecule has 0 saturated carbocycles. The zero-order valence-corrected chi connectivity index (χ0v) is 19.5. The molecule has 0 aliphatic carbocycles. The van der Waals surface area contributed by atoms with Crippen LogP contribution in [0.5, 0.6) is 0 Å². The van der Waals surface area contributed by atoms with Crippen molar-refractivity contribution in [2.24, 2.45) is 0 Å². The van der Waals surface area contributed by atoms with E-state index in [4.69, 9.17) is 0 Å². The molecule has 0 aliphatic heterocycles. The molecule has 172 valence electrons. The van der Waals surface area contributed by atoms with Crippen LogP contribution in [0.1, 0.15) is 55.0 Å². The number of rotatable bonds is 7. The number of aromatic nitrogens is 4. The molecule has 0 radical (unpaired) electrons. The number of benzene rings is 1. The molecule has 2 heterocycles. The van der Waals surface area contributed by atoms with Gasteiger partial charge in [-0.3, -0.25) is 4.79 Å². The van der Waals surface area contributed by atoms with Gasteiger partial charge in [0.25, 0.3) is 11.6 Å². The molecule has 3 aromatic rings. The minimum atomic E-state index is -4.64. The first-order valence-electron chi connectivity index (χ1n) is 10.4. The van der Waals surface area contributed by atoms with E-state index in [1.54, 1.807) is 25.6 Å². The SMILES string of the molecule is CCC(C)Sc1ccc(NC(=O)CCc2c(C)nc3nc(C(F)(F)F)nn3c2C)c(C)c1. The molecule has 3 rings (SSSR count). The van der Waals surface area contributed by atoms with E-state index in [1.165, 1.54) is 0 Å². The topological polar surface area (TPSA) is 72.2 Å². The van der Waals surface area contributed by atoms with Crippen LogP contribution in [0, 0.1) is 20.8 Å². The summed E-state index contributed by atoms with van der Waals surface area (Å²) < 4.78 is 39.9. The van der Waals surface area contributed by atoms with Gasteiger partial charge in [-0.2, -0.15) is 18.2 Å². The first-order valence-corrected chi connectivity index (χ1v) is 11.2. The van der Waals surface area contributed by atoms with Gasteiger partial charge < -0.3 is 5.32 Å². The van der Waals surface area contributed by atoms with Crippen LogP contribution in [0.3, 0.4) is 0 Å². The molecule has 0 aliphatic rings. The van der Waals surface area contributed by atoms with Crippen LogP contribution in [0.2, 0.25) is 0 Å². The fourth-order valence-corrected chi connectivity index (χ4v) is 4.33. The zero-order chi connectivity index (χ0) is 23.6. The van der Waals surface area contributed by atoms with Crippen LogP contribution in [0.25, 0.3) is 5.78 Å². The lowest BCUT2D eigenvalue weighted by atomic mass is 10.1. The quantitative estimate of drug-likeness (QED) is 0.465. The second-order valence-corrected chi connectivity index (χ2v) is 9.28. The molecule has 0 fully saturated rings. The number of alkyl halides is 3. The van der Waals surface area contributed by atoms with Gasteiger partial charge in [0, 0.05) is 33.6 Å². The predicted molar refractivity (Wildman–Crippen MR) is 119 cm³/mol. The second kappa shape index (κ2) is 9.48. The van der Waals surface area contributed by atoms with E-state index in [-0.39, 0.29) is 18.1 Å². The lowest BCUT2D eigenvalue weighted by Crippen LogP contribution is -2.15. The van der Waals surface area contributed by atoms with Crippen LogP contribution < -0.4 is 5.32 Å². The van der Waals surface area contributed by atoms with Crippen molar-refractivity contribution in [3.8, 4) is 0 Å². The first-order chi connectivity index (χ1) is 15.0. The molecule has 1 amide bonds. The van der Waals surface area contributed by atoms with Gasteiger partial charge in [0.1, 0.15) is 0 Å². The number of carbonyl (C=O) groups excluding carboxylic acids is 1. The molecule has 1 aromatic carbocycles. The van der Waals surface area contributed by atoms with E-state index in [1.807, 2.05) is 19.1 Å². The molecular weight excluding hydrogens is 439 g/mol. The molecule has 32 heavy (non-hydrogen) atoms. The third-order valence-corrected chi connectivity index (χ3v) is 6.55. The molecule has 1 N–H and O–H groups in total. The van der Waals surface area contributed by atoms with Gasteiger partial charge in [-0.25, -0.2) is 9.50 Å². The van der Waals surface area contributed by atoms with E-state index in [0.717, 1.165) is 27.1 Å². The highest BCUT2D eigenvalue weighted by atomic mass is 32.2. The average molecular weight is 466 g/mol. The summed E-state index contributed by atoms with van der Waals surface area (Å²) in [4.78, 5) is 21.3. The Labute approximate surface area is 189 Å². The van der Waals surface area contributed by atoms with Crippen molar-refractivity contribution in [2.75, 3.05) is 5.32 Å². The van der Waals surface area contributed by atoms with Gasteiger partial charge in [-0.1, -0.05) is 13.8 Å². The van der Waals surface area contributed by atoms with Gasteiger partial charge >= 0.3 is 6.18 Å². The Balaban J connectivity index is 1.71. The molecule has 0 saturated heterocycles. The lowest BCUT2D eigenvalue weighted by molar-refractivity contribution is -0.144. The van der Waals surface area contributed by atoms with Gasteiger partial charge in [0.15, 0.2) is 0 Å². The summed E-state index contributed by atoms with van der Waals surface area (Å²) >= 11 is 1.80. The maximum absolute atomic E-state index is 12.9. The first kappa shape index (κ1) is 24.0. The summed E-state index contributed by atoms with van der Waals surface area (Å²) in [5.74, 6) is -1.51. The van der Waals surface area contributed by atoms with E-state index < -0.39 is 12.0 Å². The number of aryl methyl sites for hydroxylation is 3. The zero-order valence-electron chi connectivity index (χ0n) is 18.7. The van der Waals surface area contributed by atoms with Gasteiger partial charge in [0.05, 0.1) is 0 Å². The van der Waals surface area contributed by atoms with Gasteiger partial charge in [-0.05, 0) is 62.9 Å². The molecule has 1 atom stereocenters. The largest absolute Gasteiger partial charge is 0.453 e. The van der Waals surface area contributed by atoms with E-state index in [0.29, 0.717) is 28.6 Å². The minimum absolute atomic E-state index is 0.105. The number of halogens is 3. The lowest BCUT2D eigenvalue weighted by Gasteiger charge is -2.13. The van der Waals surface area contributed by atoms with Crippen molar-refractivity contribution in [3.05, 3.63) is 46.5 Å². The molecule has 6 nitrogen and oxygen atoms in total. The number of hydrogen-bond acceptors (Lipinski definition) is 5. The van der Waals surface area contributed by atoms with Crippen molar-refractivity contribution in [1.29, 1.82) is 0 Å². The molecule has 0 spiro atoms. The fraction of sp³-hybridized carbons (Fsp3) is 0.455. The second-order valence-electron chi connectivity index (χ2n) is 7.77. The Kier molecular flexibility index (Phi) is 7.12. The van der Waals surface area contributed by atoms with Crippen LogP contribution in [0.15, 0.2) is 23.1 Å². The van der Waals surface area contributed by atoms with Crippen LogP contribution >= 0.6 is 11.8 Å². The molecule has 0 bridgehead atoms. The Morgan fingerprint density at radius 3 is 2.56 bits per heavy atom. The Bertz CT molecular complexity index is 1140. The van der Waals surface area contributed by atoms with Crippen molar-refractivity contribution in [1.82, 2.24) is 19.6 Å². The predicted octanol–water partition coefficient (Wildman–Crippen LogP) is 5.53. The Morgan fingerprint density at radius 1 is 1.22 bits per heavy atom. The standard InChI is InChI=1S/C22H26F3N5OS/c1-6-13(3)32-16-7-9-18(12(2)11-16)27-19(31)10-8-17-14(4)26-21-28-20(22(23,24)25)29-30(21)15(17)5/h7,9,11,13H,6,8,10H2,1-5H3,(H,27,31). The van der Waals surface area contributed by atoms with E-state index in [2.05, 4.69) is 40.3 Å². The van der Waals surface area contributed by atoms with Crippen LogP contribution in [-0.4, -0.2) is 30.7 Å². The van der Waals surface area contributed by atoms with Crippen molar-refractivity contribution in [3.63, 3.8) is 0 Å². The molecule has 1 unspecified atom stereocenters. The number of nitrogens with one attached hydrogen (secondary N) is 1. The summed E-state index contributed by atoms with van der Waals surface area (Å²) in [5.41, 5.74) is 3.43. The van der Waals surface area contributed by atoms with Crippen molar-refractivity contribution >= 4 is 29.1 Å². The number of fused-ring (bicyclic) bond motifs is 1.